The van der Waals surface area contributed by atoms with Gasteiger partial charge < -0.3 is 15.4 Å². The molecule has 1 aromatic heterocycles. The molecule has 1 aliphatic heterocycles. The van der Waals surface area contributed by atoms with Gasteiger partial charge in [-0.1, -0.05) is 6.92 Å². The summed E-state index contributed by atoms with van der Waals surface area (Å²) in [7, 11) is 0. The molecule has 88 valence electrons. The lowest BCUT2D eigenvalue weighted by Gasteiger charge is -2.36. The summed E-state index contributed by atoms with van der Waals surface area (Å²) in [5.41, 5.74) is 6.77. The van der Waals surface area contributed by atoms with Crippen molar-refractivity contribution in [1.29, 1.82) is 0 Å². The summed E-state index contributed by atoms with van der Waals surface area (Å²) in [4.78, 5) is 10.6. The molecule has 1 unspecified atom stereocenters. The third-order valence-electron chi connectivity index (χ3n) is 3.07. The molecule has 5 heteroatoms. The van der Waals surface area contributed by atoms with Gasteiger partial charge in [-0.15, -0.1) is 0 Å². The number of anilines is 2. The molecule has 1 atom stereocenters. The Morgan fingerprint density at radius 1 is 1.56 bits per heavy atom. The highest BCUT2D eigenvalue weighted by Gasteiger charge is 2.24. The van der Waals surface area contributed by atoms with Crippen molar-refractivity contribution in [2.45, 2.75) is 26.3 Å². The second kappa shape index (κ2) is 4.65. The molecule has 0 spiro atoms. The van der Waals surface area contributed by atoms with E-state index in [1.807, 2.05) is 6.92 Å². The maximum absolute atomic E-state index is 5.81. The van der Waals surface area contributed by atoms with Gasteiger partial charge in [-0.05, 0) is 13.3 Å². The van der Waals surface area contributed by atoms with Crippen LogP contribution in [0.4, 0.5) is 11.6 Å². The van der Waals surface area contributed by atoms with Crippen molar-refractivity contribution in [3.05, 3.63) is 11.9 Å². The fourth-order valence-electron chi connectivity index (χ4n) is 2.02. The van der Waals surface area contributed by atoms with Gasteiger partial charge in [0.2, 0.25) is 0 Å². The van der Waals surface area contributed by atoms with Crippen molar-refractivity contribution in [3.63, 3.8) is 0 Å². The molecule has 0 amide bonds. The number of hydrogen-bond acceptors (Lipinski definition) is 5. The van der Waals surface area contributed by atoms with Crippen molar-refractivity contribution in [2.75, 3.05) is 30.4 Å². The Balaban J connectivity index is 2.30. The Hall–Kier alpha value is -1.36. The van der Waals surface area contributed by atoms with Gasteiger partial charge in [0.15, 0.2) is 0 Å². The van der Waals surface area contributed by atoms with Crippen LogP contribution in [-0.4, -0.2) is 35.8 Å². The average Bonchev–Trinajstić information content (AvgIpc) is 2.33. The monoisotopic (exact) mass is 222 g/mol. The largest absolute Gasteiger partial charge is 0.383 e. The van der Waals surface area contributed by atoms with Crippen LogP contribution < -0.4 is 10.6 Å². The molecule has 1 saturated heterocycles. The van der Waals surface area contributed by atoms with E-state index >= 15 is 0 Å². The summed E-state index contributed by atoms with van der Waals surface area (Å²) in [6.45, 7) is 6.51. The van der Waals surface area contributed by atoms with Gasteiger partial charge in [-0.2, -0.15) is 0 Å². The first-order valence-electron chi connectivity index (χ1n) is 5.65. The normalized spacial score (nSPS) is 21.1. The first kappa shape index (κ1) is 11.1. The Morgan fingerprint density at radius 2 is 2.38 bits per heavy atom. The van der Waals surface area contributed by atoms with E-state index in [9.17, 15) is 0 Å². The molecule has 0 aliphatic carbocycles. The van der Waals surface area contributed by atoms with Gasteiger partial charge in [0, 0.05) is 12.1 Å². The molecule has 0 radical (unpaired) electrons. The first-order chi connectivity index (χ1) is 7.74. The second-order valence-corrected chi connectivity index (χ2v) is 4.04. The molecular weight excluding hydrogens is 204 g/mol. The van der Waals surface area contributed by atoms with Gasteiger partial charge in [-0.3, -0.25) is 0 Å². The van der Waals surface area contributed by atoms with Crippen LogP contribution in [0.15, 0.2) is 6.33 Å². The van der Waals surface area contributed by atoms with Crippen LogP contribution in [0.25, 0.3) is 0 Å². The zero-order valence-electron chi connectivity index (χ0n) is 9.81. The SMILES string of the molecule is CCC1COCCN1c1ncnc(N)c1C. The van der Waals surface area contributed by atoms with Gasteiger partial charge in [0.25, 0.3) is 0 Å². The molecular formula is C11H18N4O. The maximum atomic E-state index is 5.81. The van der Waals surface area contributed by atoms with Crippen LogP contribution in [-0.2, 0) is 4.74 Å². The molecule has 5 nitrogen and oxygen atoms in total. The highest BCUT2D eigenvalue weighted by atomic mass is 16.5. The topological polar surface area (TPSA) is 64.3 Å². The lowest BCUT2D eigenvalue weighted by atomic mass is 10.1. The van der Waals surface area contributed by atoms with Crippen molar-refractivity contribution >= 4 is 11.6 Å². The van der Waals surface area contributed by atoms with E-state index < -0.39 is 0 Å². The van der Waals surface area contributed by atoms with E-state index in [-0.39, 0.29) is 0 Å². The molecule has 1 fully saturated rings. The Kier molecular flexibility index (Phi) is 3.24. The number of ether oxygens (including phenoxy) is 1. The van der Waals surface area contributed by atoms with Gasteiger partial charge in [0.05, 0.1) is 19.3 Å². The molecule has 2 rings (SSSR count). The second-order valence-electron chi connectivity index (χ2n) is 4.04. The molecule has 1 aromatic rings. The maximum Gasteiger partial charge on any atom is 0.137 e. The van der Waals surface area contributed by atoms with Gasteiger partial charge in [-0.25, -0.2) is 9.97 Å². The first-order valence-corrected chi connectivity index (χ1v) is 5.65. The minimum Gasteiger partial charge on any atom is -0.383 e. The zero-order valence-corrected chi connectivity index (χ0v) is 9.81. The number of morpholine rings is 1. The van der Waals surface area contributed by atoms with Crippen LogP contribution >= 0.6 is 0 Å². The zero-order chi connectivity index (χ0) is 11.5. The number of nitrogens with zero attached hydrogens (tertiary/aromatic N) is 3. The summed E-state index contributed by atoms with van der Waals surface area (Å²) < 4.78 is 5.48. The Bertz CT molecular complexity index is 369. The van der Waals surface area contributed by atoms with E-state index in [0.29, 0.717) is 11.9 Å². The lowest BCUT2D eigenvalue weighted by Crippen LogP contribution is -2.46. The molecule has 2 N–H and O–H groups in total. The Labute approximate surface area is 95.6 Å². The number of nitrogens with two attached hydrogens (primary N) is 1. The van der Waals surface area contributed by atoms with Crippen molar-refractivity contribution in [1.82, 2.24) is 9.97 Å². The van der Waals surface area contributed by atoms with Crippen molar-refractivity contribution in [3.8, 4) is 0 Å². The summed E-state index contributed by atoms with van der Waals surface area (Å²) in [5.74, 6) is 1.51. The summed E-state index contributed by atoms with van der Waals surface area (Å²) in [6, 6.07) is 0.391. The predicted molar refractivity (Wildman–Crippen MR) is 63.4 cm³/mol. The lowest BCUT2D eigenvalue weighted by molar-refractivity contribution is 0.0925. The molecule has 0 aromatic carbocycles. The van der Waals surface area contributed by atoms with Gasteiger partial charge >= 0.3 is 0 Å². The summed E-state index contributed by atoms with van der Waals surface area (Å²) >= 11 is 0. The van der Waals surface area contributed by atoms with E-state index in [1.165, 1.54) is 6.33 Å². The van der Waals surface area contributed by atoms with Crippen LogP contribution in [0.5, 0.6) is 0 Å². The average molecular weight is 222 g/mol. The van der Waals surface area contributed by atoms with E-state index in [4.69, 9.17) is 10.5 Å². The Morgan fingerprint density at radius 3 is 3.12 bits per heavy atom. The van der Waals surface area contributed by atoms with Crippen LogP contribution in [0.3, 0.4) is 0 Å². The van der Waals surface area contributed by atoms with E-state index in [1.54, 1.807) is 0 Å². The highest BCUT2D eigenvalue weighted by molar-refractivity contribution is 5.56. The minimum absolute atomic E-state index is 0.391. The van der Waals surface area contributed by atoms with Crippen LogP contribution in [0.1, 0.15) is 18.9 Å². The van der Waals surface area contributed by atoms with Crippen molar-refractivity contribution < 1.29 is 4.74 Å². The summed E-state index contributed by atoms with van der Waals surface area (Å²) in [6.07, 6.45) is 2.57. The predicted octanol–water partition coefficient (Wildman–Crippen LogP) is 0.982. The smallest absolute Gasteiger partial charge is 0.137 e. The number of rotatable bonds is 2. The number of aromatic nitrogens is 2. The molecule has 0 saturated carbocycles. The van der Waals surface area contributed by atoms with Gasteiger partial charge in [0.1, 0.15) is 18.0 Å². The van der Waals surface area contributed by atoms with E-state index in [0.717, 1.165) is 37.6 Å². The fourth-order valence-corrected chi connectivity index (χ4v) is 2.02. The molecule has 1 aliphatic rings. The van der Waals surface area contributed by atoms with E-state index in [2.05, 4.69) is 21.8 Å². The van der Waals surface area contributed by atoms with Crippen LogP contribution in [0.2, 0.25) is 0 Å². The standard InChI is InChI=1S/C11H18N4O/c1-3-9-6-16-5-4-15(9)11-8(2)10(12)13-7-14-11/h7,9H,3-6H2,1-2H3,(H2,12,13,14). The molecule has 2 heterocycles. The number of nitrogen functional groups attached to an aromatic ring is 1. The summed E-state index contributed by atoms with van der Waals surface area (Å²) in [5, 5.41) is 0. The quantitative estimate of drug-likeness (QED) is 0.808. The third kappa shape index (κ3) is 1.95. The molecule has 0 bridgehead atoms. The minimum atomic E-state index is 0.391. The molecule has 16 heavy (non-hydrogen) atoms. The van der Waals surface area contributed by atoms with Crippen LogP contribution in [0, 0.1) is 6.92 Å². The third-order valence-corrected chi connectivity index (χ3v) is 3.07. The number of hydrogen-bond donors (Lipinski definition) is 1. The highest BCUT2D eigenvalue weighted by Crippen LogP contribution is 2.24. The fraction of sp³-hybridized carbons (Fsp3) is 0.636. The van der Waals surface area contributed by atoms with Crippen molar-refractivity contribution in [2.24, 2.45) is 0 Å².